The van der Waals surface area contributed by atoms with Crippen molar-refractivity contribution in [1.82, 2.24) is 0 Å². The van der Waals surface area contributed by atoms with E-state index in [1.807, 2.05) is 43.3 Å². The number of amides is 1. The Bertz CT molecular complexity index is 643. The van der Waals surface area contributed by atoms with Crippen LogP contribution in [0.1, 0.15) is 24.0 Å². The molecule has 0 atom stereocenters. The smallest absolute Gasteiger partial charge is 0.228 e. The van der Waals surface area contributed by atoms with Gasteiger partial charge in [0.25, 0.3) is 0 Å². The fourth-order valence-electron chi connectivity index (χ4n) is 2.92. The number of rotatable bonds is 4. The van der Waals surface area contributed by atoms with E-state index >= 15 is 0 Å². The van der Waals surface area contributed by atoms with E-state index in [0.29, 0.717) is 6.42 Å². The summed E-state index contributed by atoms with van der Waals surface area (Å²) >= 11 is 0. The Morgan fingerprint density at radius 1 is 1.05 bits per heavy atom. The van der Waals surface area contributed by atoms with Crippen LogP contribution >= 0.6 is 0 Å². The van der Waals surface area contributed by atoms with Crippen LogP contribution in [0, 0.1) is 6.92 Å². The maximum absolute atomic E-state index is 12.2. The van der Waals surface area contributed by atoms with E-state index < -0.39 is 0 Å². The van der Waals surface area contributed by atoms with E-state index in [1.165, 1.54) is 18.5 Å². The van der Waals surface area contributed by atoms with Gasteiger partial charge in [-0.3, -0.25) is 4.79 Å². The molecule has 114 valence electrons. The standard InChI is InChI=1S/C19H22N2O/c1-15-6-2-3-7-16(15)14-19(22)20-17-8-10-18(11-9-17)21-12-4-5-13-21/h2-3,6-11H,4-5,12-14H2,1H3,(H,20,22). The van der Waals surface area contributed by atoms with E-state index in [0.717, 1.165) is 29.9 Å². The molecule has 0 bridgehead atoms. The predicted molar refractivity (Wildman–Crippen MR) is 91.4 cm³/mol. The number of hydrogen-bond donors (Lipinski definition) is 1. The number of carbonyl (C=O) groups is 1. The van der Waals surface area contributed by atoms with Gasteiger partial charge in [0.2, 0.25) is 5.91 Å². The monoisotopic (exact) mass is 294 g/mol. The van der Waals surface area contributed by atoms with E-state index in [9.17, 15) is 4.79 Å². The summed E-state index contributed by atoms with van der Waals surface area (Å²) in [4.78, 5) is 14.5. The molecule has 3 nitrogen and oxygen atoms in total. The Hall–Kier alpha value is -2.29. The summed E-state index contributed by atoms with van der Waals surface area (Å²) in [6, 6.07) is 16.2. The largest absolute Gasteiger partial charge is 0.372 e. The first-order chi connectivity index (χ1) is 10.7. The highest BCUT2D eigenvalue weighted by Crippen LogP contribution is 2.22. The molecule has 0 aromatic heterocycles. The summed E-state index contributed by atoms with van der Waals surface area (Å²) in [6.45, 7) is 4.31. The van der Waals surface area contributed by atoms with Crippen LogP contribution in [0.3, 0.4) is 0 Å². The van der Waals surface area contributed by atoms with Crippen LogP contribution in [-0.2, 0) is 11.2 Å². The number of carbonyl (C=O) groups excluding carboxylic acids is 1. The summed E-state index contributed by atoms with van der Waals surface area (Å²) in [5, 5.41) is 2.98. The molecular weight excluding hydrogens is 272 g/mol. The van der Waals surface area contributed by atoms with E-state index in [2.05, 4.69) is 22.3 Å². The van der Waals surface area contributed by atoms with Crippen molar-refractivity contribution in [2.45, 2.75) is 26.2 Å². The molecule has 1 aliphatic rings. The minimum Gasteiger partial charge on any atom is -0.372 e. The number of nitrogens with one attached hydrogen (secondary N) is 1. The molecule has 3 rings (SSSR count). The average molecular weight is 294 g/mol. The Morgan fingerprint density at radius 3 is 2.41 bits per heavy atom. The van der Waals surface area contributed by atoms with Crippen LogP contribution in [0.25, 0.3) is 0 Å². The fourth-order valence-corrected chi connectivity index (χ4v) is 2.92. The second-order valence-electron chi connectivity index (χ2n) is 5.89. The summed E-state index contributed by atoms with van der Waals surface area (Å²) in [5.74, 6) is 0.0308. The zero-order valence-corrected chi connectivity index (χ0v) is 13.0. The van der Waals surface area contributed by atoms with Crippen molar-refractivity contribution in [1.29, 1.82) is 0 Å². The molecule has 0 aliphatic carbocycles. The van der Waals surface area contributed by atoms with Gasteiger partial charge in [0.1, 0.15) is 0 Å². The molecule has 0 saturated carbocycles. The Labute approximate surface area is 132 Å². The highest BCUT2D eigenvalue weighted by molar-refractivity contribution is 5.92. The minimum absolute atomic E-state index is 0.0308. The molecule has 3 heteroatoms. The molecule has 0 radical (unpaired) electrons. The van der Waals surface area contributed by atoms with Crippen LogP contribution in [0.5, 0.6) is 0 Å². The molecule has 1 saturated heterocycles. The van der Waals surface area contributed by atoms with Gasteiger partial charge >= 0.3 is 0 Å². The van der Waals surface area contributed by atoms with Crippen molar-refractivity contribution in [2.75, 3.05) is 23.3 Å². The zero-order valence-electron chi connectivity index (χ0n) is 13.0. The van der Waals surface area contributed by atoms with Gasteiger partial charge in [0, 0.05) is 24.5 Å². The van der Waals surface area contributed by atoms with Crippen LogP contribution in [0.2, 0.25) is 0 Å². The molecule has 1 N–H and O–H groups in total. The molecule has 1 fully saturated rings. The molecule has 1 amide bonds. The summed E-state index contributed by atoms with van der Waals surface area (Å²) in [7, 11) is 0. The van der Waals surface area contributed by atoms with Crippen molar-refractivity contribution in [3.05, 3.63) is 59.7 Å². The topological polar surface area (TPSA) is 32.3 Å². The summed E-state index contributed by atoms with van der Waals surface area (Å²) in [6.07, 6.45) is 2.96. The lowest BCUT2D eigenvalue weighted by molar-refractivity contribution is -0.115. The molecule has 2 aromatic rings. The minimum atomic E-state index is 0.0308. The van der Waals surface area contributed by atoms with Crippen molar-refractivity contribution in [3.8, 4) is 0 Å². The van der Waals surface area contributed by atoms with E-state index in [4.69, 9.17) is 0 Å². The highest BCUT2D eigenvalue weighted by atomic mass is 16.1. The second kappa shape index (κ2) is 6.65. The van der Waals surface area contributed by atoms with Gasteiger partial charge in [-0.15, -0.1) is 0 Å². The average Bonchev–Trinajstić information content (AvgIpc) is 3.05. The van der Waals surface area contributed by atoms with Crippen LogP contribution in [0.4, 0.5) is 11.4 Å². The molecule has 0 unspecified atom stereocenters. The van der Waals surface area contributed by atoms with Crippen LogP contribution < -0.4 is 10.2 Å². The first-order valence-corrected chi connectivity index (χ1v) is 7.92. The Kier molecular flexibility index (Phi) is 4.42. The molecule has 0 spiro atoms. The number of aryl methyl sites for hydroxylation is 1. The lowest BCUT2D eigenvalue weighted by Crippen LogP contribution is -2.18. The van der Waals surface area contributed by atoms with Crippen molar-refractivity contribution < 1.29 is 4.79 Å². The third-order valence-corrected chi connectivity index (χ3v) is 4.23. The lowest BCUT2D eigenvalue weighted by atomic mass is 10.1. The van der Waals surface area contributed by atoms with Crippen molar-refractivity contribution in [3.63, 3.8) is 0 Å². The van der Waals surface area contributed by atoms with Crippen LogP contribution in [0.15, 0.2) is 48.5 Å². The van der Waals surface area contributed by atoms with Gasteiger partial charge in [0.15, 0.2) is 0 Å². The third-order valence-electron chi connectivity index (χ3n) is 4.23. The molecule has 2 aromatic carbocycles. The second-order valence-corrected chi connectivity index (χ2v) is 5.89. The van der Waals surface area contributed by atoms with Gasteiger partial charge in [0.05, 0.1) is 6.42 Å². The van der Waals surface area contributed by atoms with E-state index in [-0.39, 0.29) is 5.91 Å². The summed E-state index contributed by atoms with van der Waals surface area (Å²) in [5.41, 5.74) is 4.34. The van der Waals surface area contributed by atoms with Gasteiger partial charge < -0.3 is 10.2 Å². The quantitative estimate of drug-likeness (QED) is 0.931. The fraction of sp³-hybridized carbons (Fsp3) is 0.316. The number of benzene rings is 2. The number of hydrogen-bond acceptors (Lipinski definition) is 2. The first-order valence-electron chi connectivity index (χ1n) is 7.92. The normalized spacial score (nSPS) is 14.1. The molecule has 1 aliphatic heterocycles. The molecule has 22 heavy (non-hydrogen) atoms. The maximum atomic E-state index is 12.2. The zero-order chi connectivity index (χ0) is 15.4. The first kappa shape index (κ1) is 14.6. The van der Waals surface area contributed by atoms with Crippen molar-refractivity contribution in [2.24, 2.45) is 0 Å². The maximum Gasteiger partial charge on any atom is 0.228 e. The van der Waals surface area contributed by atoms with Gasteiger partial charge in [-0.25, -0.2) is 0 Å². The number of anilines is 2. The SMILES string of the molecule is Cc1ccccc1CC(=O)Nc1ccc(N2CCCC2)cc1. The van der Waals surface area contributed by atoms with Gasteiger partial charge in [-0.05, 0) is 55.2 Å². The van der Waals surface area contributed by atoms with Gasteiger partial charge in [-0.1, -0.05) is 24.3 Å². The highest BCUT2D eigenvalue weighted by Gasteiger charge is 2.12. The van der Waals surface area contributed by atoms with Crippen molar-refractivity contribution >= 4 is 17.3 Å². The Balaban J connectivity index is 1.60. The number of nitrogens with zero attached hydrogens (tertiary/aromatic N) is 1. The summed E-state index contributed by atoms with van der Waals surface area (Å²) < 4.78 is 0. The van der Waals surface area contributed by atoms with E-state index in [1.54, 1.807) is 0 Å². The molecule has 1 heterocycles. The van der Waals surface area contributed by atoms with Gasteiger partial charge in [-0.2, -0.15) is 0 Å². The Morgan fingerprint density at radius 2 is 1.73 bits per heavy atom. The molecular formula is C19H22N2O. The lowest BCUT2D eigenvalue weighted by Gasteiger charge is -2.17. The predicted octanol–water partition coefficient (Wildman–Crippen LogP) is 3.78. The third kappa shape index (κ3) is 3.48. The van der Waals surface area contributed by atoms with Crippen LogP contribution in [-0.4, -0.2) is 19.0 Å².